The third-order valence-corrected chi connectivity index (χ3v) is 4.56. The monoisotopic (exact) mass is 404 g/mol. The van der Waals surface area contributed by atoms with Gasteiger partial charge in [0.15, 0.2) is 4.90 Å². The summed E-state index contributed by atoms with van der Waals surface area (Å²) in [6.07, 6.45) is 0. The summed E-state index contributed by atoms with van der Waals surface area (Å²) in [4.78, 5) is 0.589. The van der Waals surface area contributed by atoms with Gasteiger partial charge in [0, 0.05) is 33.9 Å². The molecule has 0 radical (unpaired) electrons. The van der Waals surface area contributed by atoms with Crippen LogP contribution in [0.5, 0.6) is 11.5 Å². The first-order valence-corrected chi connectivity index (χ1v) is 8.45. The first-order chi connectivity index (χ1) is 10.5. The molecule has 0 bridgehead atoms. The van der Waals surface area contributed by atoms with Gasteiger partial charge in [0.1, 0.15) is 23.4 Å². The van der Waals surface area contributed by atoms with E-state index in [2.05, 4.69) is 24.9 Å². The van der Waals surface area contributed by atoms with Crippen LogP contribution in [-0.2, 0) is 17.9 Å². The molecule has 2 aromatic rings. The highest BCUT2D eigenvalue weighted by Crippen LogP contribution is 2.26. The molecule has 0 aliphatic heterocycles. The summed E-state index contributed by atoms with van der Waals surface area (Å²) in [6.45, 7) is 0.352. The zero-order valence-corrected chi connectivity index (χ0v) is 14.8. The van der Waals surface area contributed by atoms with E-state index in [4.69, 9.17) is 22.3 Å². The van der Waals surface area contributed by atoms with E-state index < -0.39 is 11.4 Å². The SMILES string of the molecule is COc1cc(OCl)ccc1CN[S+]([O-])c1cc(N)cc(Br)c1. The van der Waals surface area contributed by atoms with Gasteiger partial charge in [-0.3, -0.25) is 0 Å². The van der Waals surface area contributed by atoms with Crippen LogP contribution >= 0.6 is 27.8 Å². The highest BCUT2D eigenvalue weighted by atomic mass is 79.9. The van der Waals surface area contributed by atoms with Crippen LogP contribution in [0.3, 0.4) is 0 Å². The zero-order valence-electron chi connectivity index (χ0n) is 11.6. The van der Waals surface area contributed by atoms with Crippen molar-refractivity contribution in [3.63, 3.8) is 0 Å². The Morgan fingerprint density at radius 3 is 2.73 bits per heavy atom. The smallest absolute Gasteiger partial charge is 0.177 e. The van der Waals surface area contributed by atoms with Crippen LogP contribution in [0.25, 0.3) is 0 Å². The molecule has 1 unspecified atom stereocenters. The molecule has 0 fully saturated rings. The normalized spacial score (nSPS) is 12.0. The first-order valence-electron chi connectivity index (χ1n) is 6.20. The van der Waals surface area contributed by atoms with Gasteiger partial charge < -0.3 is 19.3 Å². The van der Waals surface area contributed by atoms with Gasteiger partial charge in [-0.25, -0.2) is 0 Å². The van der Waals surface area contributed by atoms with Gasteiger partial charge in [0.05, 0.1) is 25.0 Å². The molecule has 0 spiro atoms. The highest BCUT2D eigenvalue weighted by molar-refractivity contribution is 9.10. The average Bonchev–Trinajstić information content (AvgIpc) is 2.51. The molecule has 1 atom stereocenters. The van der Waals surface area contributed by atoms with Crippen LogP contribution in [0.1, 0.15) is 5.56 Å². The van der Waals surface area contributed by atoms with E-state index in [0.717, 1.165) is 10.0 Å². The van der Waals surface area contributed by atoms with Crippen molar-refractivity contribution in [3.8, 4) is 11.5 Å². The number of hydrogen-bond acceptors (Lipinski definition) is 5. The van der Waals surface area contributed by atoms with Crippen molar-refractivity contribution >= 4 is 44.8 Å². The van der Waals surface area contributed by atoms with Gasteiger partial charge in [-0.2, -0.15) is 0 Å². The molecule has 0 aliphatic carbocycles. The minimum absolute atomic E-state index is 0.352. The van der Waals surface area contributed by atoms with Gasteiger partial charge >= 0.3 is 0 Å². The largest absolute Gasteiger partial charge is 0.593 e. The predicted molar refractivity (Wildman–Crippen MR) is 91.3 cm³/mol. The predicted octanol–water partition coefficient (Wildman–Crippen LogP) is 3.38. The number of methoxy groups -OCH3 is 1. The van der Waals surface area contributed by atoms with E-state index >= 15 is 0 Å². The molecule has 0 amide bonds. The van der Waals surface area contributed by atoms with Gasteiger partial charge in [-0.05, 0) is 12.1 Å². The van der Waals surface area contributed by atoms with E-state index in [1.807, 2.05) is 0 Å². The van der Waals surface area contributed by atoms with Crippen molar-refractivity contribution in [1.29, 1.82) is 0 Å². The molecule has 0 heterocycles. The lowest BCUT2D eigenvalue weighted by atomic mass is 10.2. The molecular weight excluding hydrogens is 392 g/mol. The van der Waals surface area contributed by atoms with Crippen LogP contribution < -0.4 is 19.5 Å². The topological polar surface area (TPSA) is 79.6 Å². The Balaban J connectivity index is 2.09. The Kier molecular flexibility index (Phi) is 6.22. The molecule has 0 saturated carbocycles. The number of benzene rings is 2. The number of anilines is 1. The van der Waals surface area contributed by atoms with Crippen LogP contribution in [0.15, 0.2) is 45.8 Å². The van der Waals surface area contributed by atoms with Crippen molar-refractivity contribution in [2.75, 3.05) is 12.8 Å². The molecule has 0 aromatic heterocycles. The molecule has 2 aromatic carbocycles. The summed E-state index contributed by atoms with van der Waals surface area (Å²) in [6, 6.07) is 10.3. The van der Waals surface area contributed by atoms with Crippen molar-refractivity contribution in [1.82, 2.24) is 4.72 Å². The number of nitrogens with one attached hydrogen (secondary N) is 1. The average molecular weight is 406 g/mol. The second-order valence-electron chi connectivity index (χ2n) is 4.36. The molecule has 8 heteroatoms. The van der Waals surface area contributed by atoms with Crippen molar-refractivity contribution in [2.45, 2.75) is 11.4 Å². The summed E-state index contributed by atoms with van der Waals surface area (Å²) in [5.74, 6) is 1.07. The van der Waals surface area contributed by atoms with E-state index in [-0.39, 0.29) is 0 Å². The van der Waals surface area contributed by atoms with E-state index in [0.29, 0.717) is 28.6 Å². The molecule has 5 nitrogen and oxygen atoms in total. The lowest BCUT2D eigenvalue weighted by Gasteiger charge is -2.13. The summed E-state index contributed by atoms with van der Waals surface area (Å²) in [7, 11) is 1.54. The van der Waals surface area contributed by atoms with Gasteiger partial charge in [0.25, 0.3) is 0 Å². The van der Waals surface area contributed by atoms with Gasteiger partial charge in [0.2, 0.25) is 0 Å². The molecule has 0 aliphatic rings. The molecule has 3 N–H and O–H groups in total. The molecule has 0 saturated heterocycles. The number of hydrogen-bond donors (Lipinski definition) is 2. The third kappa shape index (κ3) is 4.44. The first kappa shape index (κ1) is 17.2. The van der Waals surface area contributed by atoms with Gasteiger partial charge in [-0.15, -0.1) is 4.72 Å². The van der Waals surface area contributed by atoms with E-state index in [9.17, 15) is 4.55 Å². The highest BCUT2D eigenvalue weighted by Gasteiger charge is 2.14. The quantitative estimate of drug-likeness (QED) is 0.569. The van der Waals surface area contributed by atoms with Crippen molar-refractivity contribution < 1.29 is 13.6 Å². The maximum Gasteiger partial charge on any atom is 0.177 e. The Morgan fingerprint density at radius 2 is 2.09 bits per heavy atom. The van der Waals surface area contributed by atoms with Crippen LogP contribution in [0.2, 0.25) is 0 Å². The number of ether oxygens (including phenoxy) is 1. The van der Waals surface area contributed by atoms with Crippen LogP contribution in [0, 0.1) is 0 Å². The summed E-state index contributed by atoms with van der Waals surface area (Å²) < 4.78 is 25.9. The second-order valence-corrected chi connectivity index (χ2v) is 6.73. The number of halogens is 2. The van der Waals surface area contributed by atoms with Crippen LogP contribution in [-0.4, -0.2) is 11.7 Å². The standard InChI is InChI=1S/C14H14BrClN2O3S/c1-20-14-7-12(21-16)3-2-9(14)8-18-22(19)13-5-10(15)4-11(17)6-13/h2-7,18H,8,17H2,1H3. The van der Waals surface area contributed by atoms with Crippen LogP contribution in [0.4, 0.5) is 5.69 Å². The lowest BCUT2D eigenvalue weighted by Crippen LogP contribution is -2.23. The Labute approximate surface area is 145 Å². The molecular formula is C14H14BrClN2O3S. The fourth-order valence-corrected chi connectivity index (χ4v) is 3.53. The lowest BCUT2D eigenvalue weighted by molar-refractivity contribution is 0.407. The molecule has 2 rings (SSSR count). The maximum absolute atomic E-state index is 12.3. The summed E-state index contributed by atoms with van der Waals surface area (Å²) in [5.41, 5.74) is 7.12. The Morgan fingerprint density at radius 1 is 1.32 bits per heavy atom. The minimum atomic E-state index is -1.39. The Bertz CT molecular complexity index is 640. The Hall–Kier alpha value is -1.12. The van der Waals surface area contributed by atoms with Crippen molar-refractivity contribution in [2.24, 2.45) is 0 Å². The van der Waals surface area contributed by atoms with E-state index in [1.165, 1.54) is 0 Å². The summed E-state index contributed by atoms with van der Waals surface area (Å²) >= 11 is 7.24. The van der Waals surface area contributed by atoms with Crippen molar-refractivity contribution in [3.05, 3.63) is 46.4 Å². The fourth-order valence-electron chi connectivity index (χ4n) is 1.84. The maximum atomic E-state index is 12.3. The molecule has 22 heavy (non-hydrogen) atoms. The zero-order chi connectivity index (χ0) is 16.1. The number of nitrogen functional groups attached to an aromatic ring is 1. The minimum Gasteiger partial charge on any atom is -0.593 e. The fraction of sp³-hybridized carbons (Fsp3) is 0.143. The number of rotatable bonds is 6. The summed E-state index contributed by atoms with van der Waals surface area (Å²) in [5, 5.41) is 0. The molecule has 118 valence electrons. The van der Waals surface area contributed by atoms with Gasteiger partial charge in [-0.1, -0.05) is 22.0 Å². The second kappa shape index (κ2) is 7.94. The number of nitrogens with two attached hydrogens (primary N) is 1. The van der Waals surface area contributed by atoms with E-state index in [1.54, 1.807) is 43.5 Å². The third-order valence-electron chi connectivity index (χ3n) is 2.85.